The number of nitrogens with one attached hydrogen (secondary N) is 1. The molecule has 0 bridgehead atoms. The van der Waals surface area contributed by atoms with E-state index in [4.69, 9.17) is 5.73 Å². The summed E-state index contributed by atoms with van der Waals surface area (Å²) >= 11 is 0. The molecule has 0 aliphatic rings. The van der Waals surface area contributed by atoms with Crippen molar-refractivity contribution in [1.29, 1.82) is 0 Å². The van der Waals surface area contributed by atoms with Crippen molar-refractivity contribution in [2.24, 2.45) is 0 Å². The molecular formula is C14H14F2N2O2S. The number of halogens is 2. The molecule has 0 radical (unpaired) electrons. The number of aryl methyl sites for hydroxylation is 2. The number of hydrogen-bond acceptors (Lipinski definition) is 3. The molecule has 0 saturated heterocycles. The lowest BCUT2D eigenvalue weighted by Crippen LogP contribution is -2.16. The third kappa shape index (κ3) is 3.13. The molecule has 0 atom stereocenters. The van der Waals surface area contributed by atoms with Gasteiger partial charge in [0.1, 0.15) is 16.5 Å². The van der Waals surface area contributed by atoms with Gasteiger partial charge in [-0.1, -0.05) is 6.07 Å². The van der Waals surface area contributed by atoms with Gasteiger partial charge >= 0.3 is 0 Å². The third-order valence-electron chi connectivity index (χ3n) is 3.05. The first-order valence-electron chi connectivity index (χ1n) is 6.05. The van der Waals surface area contributed by atoms with E-state index in [2.05, 4.69) is 4.72 Å². The zero-order valence-corrected chi connectivity index (χ0v) is 12.3. The molecule has 2 aromatic carbocycles. The molecule has 0 aliphatic carbocycles. The number of sulfonamides is 1. The minimum absolute atomic E-state index is 0.0496. The predicted octanol–water partition coefficient (Wildman–Crippen LogP) is 2.96. The third-order valence-corrected chi connectivity index (χ3v) is 4.43. The van der Waals surface area contributed by atoms with Gasteiger partial charge in [-0.15, -0.1) is 0 Å². The first-order valence-corrected chi connectivity index (χ1v) is 7.53. The molecule has 112 valence electrons. The van der Waals surface area contributed by atoms with Crippen LogP contribution in [0.15, 0.2) is 35.2 Å². The van der Waals surface area contributed by atoms with Gasteiger partial charge in [0.25, 0.3) is 10.0 Å². The Morgan fingerprint density at radius 3 is 2.38 bits per heavy atom. The molecule has 0 fully saturated rings. The summed E-state index contributed by atoms with van der Waals surface area (Å²) in [5.74, 6) is -1.51. The Morgan fingerprint density at radius 1 is 1.05 bits per heavy atom. The van der Waals surface area contributed by atoms with E-state index in [1.807, 2.05) is 0 Å². The van der Waals surface area contributed by atoms with E-state index >= 15 is 0 Å². The summed E-state index contributed by atoms with van der Waals surface area (Å²) in [5.41, 5.74) is 6.78. The van der Waals surface area contributed by atoms with E-state index in [1.54, 1.807) is 13.8 Å². The number of nitrogen functional groups attached to an aromatic ring is 1. The van der Waals surface area contributed by atoms with Gasteiger partial charge in [-0.05, 0) is 49.2 Å². The van der Waals surface area contributed by atoms with E-state index in [0.29, 0.717) is 11.1 Å². The summed E-state index contributed by atoms with van der Waals surface area (Å²) in [7, 11) is -4.19. The summed E-state index contributed by atoms with van der Waals surface area (Å²) in [5, 5.41) is 0. The van der Waals surface area contributed by atoms with Crippen LogP contribution in [0.2, 0.25) is 0 Å². The minimum Gasteiger partial charge on any atom is -0.398 e. The Hall–Kier alpha value is -2.15. The fourth-order valence-corrected chi connectivity index (χ4v) is 3.00. The van der Waals surface area contributed by atoms with E-state index in [-0.39, 0.29) is 11.4 Å². The van der Waals surface area contributed by atoms with Gasteiger partial charge in [0.15, 0.2) is 0 Å². The van der Waals surface area contributed by atoms with E-state index in [1.165, 1.54) is 12.1 Å². The van der Waals surface area contributed by atoms with Gasteiger partial charge in [0.05, 0.1) is 5.69 Å². The molecule has 0 amide bonds. The largest absolute Gasteiger partial charge is 0.398 e. The van der Waals surface area contributed by atoms with Crippen LogP contribution < -0.4 is 10.5 Å². The van der Waals surface area contributed by atoms with E-state index in [0.717, 1.165) is 18.2 Å². The molecule has 0 heterocycles. The highest BCUT2D eigenvalue weighted by atomic mass is 32.2. The Kier molecular flexibility index (Phi) is 3.87. The second-order valence-corrected chi connectivity index (χ2v) is 6.35. The standard InChI is InChI=1S/C14H14F2N2O2S/c1-8-3-4-10(15)6-13(8)18-21(19,20)14-7-12(17)9(2)5-11(14)16/h3-7,18H,17H2,1-2H3. The highest BCUT2D eigenvalue weighted by molar-refractivity contribution is 7.92. The smallest absolute Gasteiger partial charge is 0.264 e. The molecule has 0 unspecified atom stereocenters. The zero-order valence-electron chi connectivity index (χ0n) is 11.4. The number of hydrogen-bond donors (Lipinski definition) is 2. The number of benzene rings is 2. The van der Waals surface area contributed by atoms with Crippen LogP contribution in [0, 0.1) is 25.5 Å². The molecule has 0 saturated carbocycles. The molecule has 7 heteroatoms. The maximum atomic E-state index is 13.9. The lowest BCUT2D eigenvalue weighted by atomic mass is 10.2. The normalized spacial score (nSPS) is 11.4. The highest BCUT2D eigenvalue weighted by Crippen LogP contribution is 2.25. The van der Waals surface area contributed by atoms with Crippen molar-refractivity contribution in [3.05, 3.63) is 53.1 Å². The van der Waals surface area contributed by atoms with Crippen LogP contribution >= 0.6 is 0 Å². The second kappa shape index (κ2) is 5.33. The molecule has 3 N–H and O–H groups in total. The first-order chi connectivity index (χ1) is 9.70. The minimum atomic E-state index is -4.19. The van der Waals surface area contributed by atoms with Crippen molar-refractivity contribution in [3.8, 4) is 0 Å². The molecular weight excluding hydrogens is 298 g/mol. The monoisotopic (exact) mass is 312 g/mol. The second-order valence-electron chi connectivity index (χ2n) is 4.70. The summed E-state index contributed by atoms with van der Waals surface area (Å²) < 4.78 is 53.7. The SMILES string of the molecule is Cc1cc(F)c(S(=O)(=O)Nc2cc(F)ccc2C)cc1N. The van der Waals surface area contributed by atoms with Crippen molar-refractivity contribution >= 4 is 21.4 Å². The predicted molar refractivity (Wildman–Crippen MR) is 77.5 cm³/mol. The van der Waals surface area contributed by atoms with Crippen LogP contribution in [0.4, 0.5) is 20.2 Å². The summed E-state index contributed by atoms with van der Waals surface area (Å²) in [6.45, 7) is 3.18. The highest BCUT2D eigenvalue weighted by Gasteiger charge is 2.21. The first kappa shape index (κ1) is 15.2. The van der Waals surface area contributed by atoms with Crippen LogP contribution in [0.5, 0.6) is 0 Å². The maximum absolute atomic E-state index is 13.9. The molecule has 2 rings (SSSR count). The Bertz CT molecular complexity index is 805. The average molecular weight is 312 g/mol. The lowest BCUT2D eigenvalue weighted by Gasteiger charge is -2.12. The summed E-state index contributed by atoms with van der Waals surface area (Å²) in [6.07, 6.45) is 0. The van der Waals surface area contributed by atoms with Crippen LogP contribution in [0.25, 0.3) is 0 Å². The molecule has 0 aromatic heterocycles. The molecule has 0 aliphatic heterocycles. The quantitative estimate of drug-likeness (QED) is 0.856. The van der Waals surface area contributed by atoms with Crippen molar-refractivity contribution in [2.45, 2.75) is 18.7 Å². The van der Waals surface area contributed by atoms with Gasteiger partial charge < -0.3 is 5.73 Å². The summed E-state index contributed by atoms with van der Waals surface area (Å²) in [4.78, 5) is -0.575. The zero-order chi connectivity index (χ0) is 15.8. The fourth-order valence-electron chi connectivity index (χ4n) is 1.78. The van der Waals surface area contributed by atoms with Crippen molar-refractivity contribution in [1.82, 2.24) is 0 Å². The van der Waals surface area contributed by atoms with E-state index < -0.39 is 26.6 Å². The Balaban J connectivity index is 2.48. The van der Waals surface area contributed by atoms with Crippen molar-refractivity contribution in [2.75, 3.05) is 10.5 Å². The topological polar surface area (TPSA) is 72.2 Å². The Labute approximate surface area is 121 Å². The van der Waals surface area contributed by atoms with Gasteiger partial charge in [-0.25, -0.2) is 17.2 Å². The number of nitrogens with two attached hydrogens (primary N) is 1. The molecule has 0 spiro atoms. The maximum Gasteiger partial charge on any atom is 0.264 e. The lowest BCUT2D eigenvalue weighted by molar-refractivity contribution is 0.570. The molecule has 2 aromatic rings. The van der Waals surface area contributed by atoms with Crippen LogP contribution in [-0.2, 0) is 10.0 Å². The van der Waals surface area contributed by atoms with Crippen molar-refractivity contribution in [3.63, 3.8) is 0 Å². The number of anilines is 2. The molecule has 4 nitrogen and oxygen atoms in total. The molecule has 21 heavy (non-hydrogen) atoms. The van der Waals surface area contributed by atoms with Crippen molar-refractivity contribution < 1.29 is 17.2 Å². The Morgan fingerprint density at radius 2 is 1.71 bits per heavy atom. The average Bonchev–Trinajstić information content (AvgIpc) is 2.37. The summed E-state index contributed by atoms with van der Waals surface area (Å²) in [6, 6.07) is 5.75. The van der Waals surface area contributed by atoms with Crippen LogP contribution in [0.1, 0.15) is 11.1 Å². The van der Waals surface area contributed by atoms with E-state index in [9.17, 15) is 17.2 Å². The van der Waals surface area contributed by atoms with Crippen LogP contribution in [-0.4, -0.2) is 8.42 Å². The van der Waals surface area contributed by atoms with Gasteiger partial charge in [-0.2, -0.15) is 0 Å². The van der Waals surface area contributed by atoms with Gasteiger partial charge in [0.2, 0.25) is 0 Å². The fraction of sp³-hybridized carbons (Fsp3) is 0.143. The number of rotatable bonds is 3. The van der Waals surface area contributed by atoms with Crippen LogP contribution in [0.3, 0.4) is 0 Å². The van der Waals surface area contributed by atoms with Gasteiger partial charge in [-0.3, -0.25) is 4.72 Å². The van der Waals surface area contributed by atoms with Gasteiger partial charge in [0, 0.05) is 5.69 Å².